The molecule has 0 aliphatic heterocycles. The predicted molar refractivity (Wildman–Crippen MR) is 162 cm³/mol. The number of nitrogens with zero attached hydrogens (tertiary/aromatic N) is 4. The Bertz CT molecular complexity index is 1800. The molecule has 0 unspecified atom stereocenters. The Morgan fingerprint density at radius 1 is 0.512 bits per heavy atom. The third-order valence-corrected chi connectivity index (χ3v) is 6.54. The molecule has 0 fully saturated rings. The number of esters is 2. The van der Waals surface area contributed by atoms with Crippen molar-refractivity contribution in [2.75, 3.05) is 14.2 Å². The first kappa shape index (κ1) is 31.0. The maximum absolute atomic E-state index is 12.3. The number of carbonyl (C=O) groups excluding carboxylic acids is 2. The van der Waals surface area contributed by atoms with Gasteiger partial charge in [-0.05, 0) is 62.4 Å². The summed E-state index contributed by atoms with van der Waals surface area (Å²) in [5.74, 6) is -0.928. The number of ether oxygens (including phenoxy) is 2. The fourth-order valence-electron chi connectivity index (χ4n) is 4.54. The smallest absolute Gasteiger partial charge is 0.338 e. The Balaban J connectivity index is 0.000000238. The molecule has 219 valence electrons. The standard InChI is InChI=1S/C22H16N2O4.C12H12N2.Cu/c1-27-21(25)15-11-19(23-17-9-5-3-7-13(15)17)20-12-16(22(26)28-2)14-8-4-6-10-18(14)24-20;1-9-5-3-7-11(13-9)12-8-4-6-10(2)14-12;/h3-12H,1-2H3;3-8H,1-2H3;. The Kier molecular flexibility index (Phi) is 9.93. The second kappa shape index (κ2) is 13.8. The van der Waals surface area contributed by atoms with Gasteiger partial charge in [-0.3, -0.25) is 9.97 Å². The van der Waals surface area contributed by atoms with E-state index in [0.717, 1.165) is 22.8 Å². The van der Waals surface area contributed by atoms with Gasteiger partial charge in [0.05, 0.1) is 59.2 Å². The third-order valence-electron chi connectivity index (χ3n) is 6.54. The van der Waals surface area contributed by atoms with Crippen LogP contribution in [0.4, 0.5) is 0 Å². The van der Waals surface area contributed by atoms with Gasteiger partial charge in [-0.2, -0.15) is 0 Å². The van der Waals surface area contributed by atoms with Crippen LogP contribution >= 0.6 is 0 Å². The van der Waals surface area contributed by atoms with Gasteiger partial charge in [0.1, 0.15) is 0 Å². The minimum Gasteiger partial charge on any atom is -0.465 e. The first-order valence-corrected chi connectivity index (χ1v) is 13.2. The van der Waals surface area contributed by atoms with Crippen molar-refractivity contribution in [1.82, 2.24) is 19.9 Å². The molecule has 0 aliphatic carbocycles. The van der Waals surface area contributed by atoms with Crippen molar-refractivity contribution in [2.24, 2.45) is 0 Å². The number of hydrogen-bond acceptors (Lipinski definition) is 8. The summed E-state index contributed by atoms with van der Waals surface area (Å²) >= 11 is 0. The fraction of sp³-hybridized carbons (Fsp3) is 0.118. The van der Waals surface area contributed by atoms with E-state index in [9.17, 15) is 9.59 Å². The van der Waals surface area contributed by atoms with Crippen molar-refractivity contribution in [3.8, 4) is 22.8 Å². The summed E-state index contributed by atoms with van der Waals surface area (Å²) in [6, 6.07) is 29.8. The van der Waals surface area contributed by atoms with Crippen molar-refractivity contribution < 1.29 is 36.1 Å². The second-order valence-corrected chi connectivity index (χ2v) is 9.46. The Hall–Kier alpha value is -4.98. The molecule has 9 heteroatoms. The number of benzene rings is 2. The van der Waals surface area contributed by atoms with E-state index in [0.29, 0.717) is 44.3 Å². The molecule has 0 N–H and O–H groups in total. The molecule has 1 radical (unpaired) electrons. The molecule has 4 aromatic heterocycles. The maximum Gasteiger partial charge on any atom is 0.338 e. The van der Waals surface area contributed by atoms with E-state index in [1.807, 2.05) is 98.8 Å². The minimum absolute atomic E-state index is 0. The quantitative estimate of drug-likeness (QED) is 0.157. The van der Waals surface area contributed by atoms with Crippen LogP contribution in [0.2, 0.25) is 0 Å². The summed E-state index contributed by atoms with van der Waals surface area (Å²) in [5.41, 5.74) is 6.89. The first-order valence-electron chi connectivity index (χ1n) is 13.2. The van der Waals surface area contributed by atoms with Crippen LogP contribution in [0.5, 0.6) is 0 Å². The monoisotopic (exact) mass is 619 g/mol. The molecular formula is C34H28CuN4O4. The van der Waals surface area contributed by atoms with Crippen LogP contribution in [-0.2, 0) is 26.5 Å². The zero-order valence-electron chi connectivity index (χ0n) is 24.0. The van der Waals surface area contributed by atoms with E-state index in [2.05, 4.69) is 19.9 Å². The van der Waals surface area contributed by atoms with Crippen molar-refractivity contribution in [1.29, 1.82) is 0 Å². The maximum atomic E-state index is 12.3. The number of rotatable bonds is 4. The van der Waals surface area contributed by atoms with Crippen LogP contribution < -0.4 is 0 Å². The predicted octanol–water partition coefficient (Wildman–Crippen LogP) is 6.78. The molecular weight excluding hydrogens is 592 g/mol. The van der Waals surface area contributed by atoms with Gasteiger partial charge < -0.3 is 9.47 Å². The molecule has 0 saturated heterocycles. The molecule has 6 aromatic rings. The van der Waals surface area contributed by atoms with Gasteiger partial charge >= 0.3 is 11.9 Å². The number of aromatic nitrogens is 4. The van der Waals surface area contributed by atoms with E-state index in [1.165, 1.54) is 14.2 Å². The van der Waals surface area contributed by atoms with E-state index in [4.69, 9.17) is 9.47 Å². The average molecular weight is 620 g/mol. The Morgan fingerprint density at radius 3 is 1.28 bits per heavy atom. The van der Waals surface area contributed by atoms with Crippen molar-refractivity contribution in [3.05, 3.63) is 120 Å². The van der Waals surface area contributed by atoms with Gasteiger partial charge in [0.25, 0.3) is 0 Å². The third kappa shape index (κ3) is 6.92. The number of para-hydroxylation sites is 2. The van der Waals surface area contributed by atoms with Crippen LogP contribution in [0.3, 0.4) is 0 Å². The summed E-state index contributed by atoms with van der Waals surface area (Å²) in [6.45, 7) is 3.97. The van der Waals surface area contributed by atoms with E-state index < -0.39 is 11.9 Å². The largest absolute Gasteiger partial charge is 0.465 e. The molecule has 8 nitrogen and oxygen atoms in total. The molecule has 4 heterocycles. The second-order valence-electron chi connectivity index (χ2n) is 9.46. The summed E-state index contributed by atoms with van der Waals surface area (Å²) in [6.07, 6.45) is 0. The summed E-state index contributed by atoms with van der Waals surface area (Å²) in [4.78, 5) is 42.7. The van der Waals surface area contributed by atoms with Gasteiger partial charge in [0, 0.05) is 39.2 Å². The van der Waals surface area contributed by atoms with Crippen molar-refractivity contribution >= 4 is 33.7 Å². The number of carbonyl (C=O) groups is 2. The molecule has 0 spiro atoms. The Labute approximate surface area is 259 Å². The Morgan fingerprint density at radius 2 is 0.907 bits per heavy atom. The molecule has 0 amide bonds. The number of pyridine rings is 4. The summed E-state index contributed by atoms with van der Waals surface area (Å²) in [5, 5.41) is 1.37. The van der Waals surface area contributed by atoms with Gasteiger partial charge in [0.15, 0.2) is 0 Å². The first-order chi connectivity index (χ1) is 20.4. The van der Waals surface area contributed by atoms with Gasteiger partial charge in [-0.25, -0.2) is 19.6 Å². The van der Waals surface area contributed by atoms with E-state index >= 15 is 0 Å². The average Bonchev–Trinajstić information content (AvgIpc) is 3.03. The van der Waals surface area contributed by atoms with Crippen LogP contribution in [0.15, 0.2) is 97.1 Å². The SMILES string of the molecule is COC(=O)c1cc(-c2cc(C(=O)OC)c3ccccc3n2)nc2ccccc12.Cc1cccc(-c2cccc(C)n2)n1.[Cu]. The van der Waals surface area contributed by atoms with E-state index in [-0.39, 0.29) is 17.1 Å². The normalized spacial score (nSPS) is 10.3. The number of hydrogen-bond donors (Lipinski definition) is 0. The summed E-state index contributed by atoms with van der Waals surface area (Å²) < 4.78 is 9.85. The molecule has 0 bridgehead atoms. The van der Waals surface area contributed by atoms with Gasteiger partial charge in [-0.15, -0.1) is 0 Å². The molecule has 2 aromatic carbocycles. The molecule has 0 saturated carbocycles. The minimum atomic E-state index is -0.464. The van der Waals surface area contributed by atoms with Crippen LogP contribution in [-0.4, -0.2) is 46.1 Å². The molecule has 0 aliphatic rings. The van der Waals surface area contributed by atoms with Gasteiger partial charge in [-0.1, -0.05) is 48.5 Å². The van der Waals surface area contributed by atoms with E-state index in [1.54, 1.807) is 12.1 Å². The van der Waals surface area contributed by atoms with Crippen LogP contribution in [0, 0.1) is 13.8 Å². The zero-order chi connectivity index (χ0) is 29.6. The topological polar surface area (TPSA) is 104 Å². The number of fused-ring (bicyclic) bond motifs is 2. The van der Waals surface area contributed by atoms with Crippen molar-refractivity contribution in [3.63, 3.8) is 0 Å². The molecule has 6 rings (SSSR count). The van der Waals surface area contributed by atoms with Crippen LogP contribution in [0.25, 0.3) is 44.6 Å². The fourth-order valence-corrected chi connectivity index (χ4v) is 4.54. The van der Waals surface area contributed by atoms with Crippen LogP contribution in [0.1, 0.15) is 32.1 Å². The zero-order valence-corrected chi connectivity index (χ0v) is 24.9. The van der Waals surface area contributed by atoms with Crippen molar-refractivity contribution in [2.45, 2.75) is 13.8 Å². The number of aryl methyl sites for hydroxylation is 2. The van der Waals surface area contributed by atoms with Gasteiger partial charge in [0.2, 0.25) is 0 Å². The molecule has 0 atom stereocenters. The number of methoxy groups -OCH3 is 2. The molecule has 43 heavy (non-hydrogen) atoms. The summed E-state index contributed by atoms with van der Waals surface area (Å²) in [7, 11) is 2.67.